The summed E-state index contributed by atoms with van der Waals surface area (Å²) in [4.78, 5) is 14.6. The van der Waals surface area contributed by atoms with Crippen LogP contribution >= 0.6 is 22.9 Å². The fourth-order valence-corrected chi connectivity index (χ4v) is 4.24. The molecule has 0 atom stereocenters. The van der Waals surface area contributed by atoms with Crippen LogP contribution in [0.3, 0.4) is 0 Å². The molecule has 0 bridgehead atoms. The number of aryl methyl sites for hydroxylation is 2. The second kappa shape index (κ2) is 7.68. The van der Waals surface area contributed by atoms with E-state index in [0.717, 1.165) is 41.1 Å². The summed E-state index contributed by atoms with van der Waals surface area (Å²) < 4.78 is 3.87. The van der Waals surface area contributed by atoms with Gasteiger partial charge in [0, 0.05) is 21.5 Å². The lowest BCUT2D eigenvalue weighted by molar-refractivity contribution is 0.103. The second-order valence-corrected chi connectivity index (χ2v) is 7.23. The minimum absolute atomic E-state index is 0.0415. The molecule has 124 valence electrons. The molecule has 6 heteroatoms. The van der Waals surface area contributed by atoms with Gasteiger partial charge in [-0.15, -0.1) is 16.4 Å². The first-order valence-electron chi connectivity index (χ1n) is 8.01. The lowest BCUT2D eigenvalue weighted by Crippen LogP contribution is -2.09. The van der Waals surface area contributed by atoms with Crippen molar-refractivity contribution in [3.8, 4) is 11.3 Å². The second-order valence-electron chi connectivity index (χ2n) is 5.48. The number of benzene rings is 1. The number of aromatic nitrogens is 2. The molecule has 4 nitrogen and oxygen atoms in total. The van der Waals surface area contributed by atoms with E-state index in [1.807, 2.05) is 35.7 Å². The zero-order valence-corrected chi connectivity index (χ0v) is 15.3. The molecule has 0 saturated carbocycles. The Kier molecular flexibility index (Phi) is 5.37. The van der Waals surface area contributed by atoms with Crippen molar-refractivity contribution in [3.63, 3.8) is 0 Å². The molecule has 0 unspecified atom stereocenters. The van der Waals surface area contributed by atoms with Gasteiger partial charge in [-0.25, -0.2) is 0 Å². The van der Waals surface area contributed by atoms with Gasteiger partial charge >= 0.3 is 0 Å². The fourth-order valence-electron chi connectivity index (χ4n) is 2.52. The quantitative estimate of drug-likeness (QED) is 0.673. The number of rotatable bonds is 6. The molecule has 3 aromatic rings. The van der Waals surface area contributed by atoms with Gasteiger partial charge in [0.1, 0.15) is 5.69 Å². The van der Waals surface area contributed by atoms with Crippen LogP contribution in [-0.4, -0.2) is 15.5 Å². The highest BCUT2D eigenvalue weighted by molar-refractivity contribution is 7.14. The van der Waals surface area contributed by atoms with Gasteiger partial charge in [0.2, 0.25) is 0 Å². The van der Waals surface area contributed by atoms with E-state index in [1.165, 1.54) is 22.0 Å². The molecule has 24 heavy (non-hydrogen) atoms. The Morgan fingerprint density at radius 1 is 1.21 bits per heavy atom. The minimum atomic E-state index is -0.0415. The van der Waals surface area contributed by atoms with E-state index < -0.39 is 0 Å². The highest BCUT2D eigenvalue weighted by Crippen LogP contribution is 2.26. The third-order valence-corrected chi connectivity index (χ3v) is 5.52. The molecule has 1 aromatic carbocycles. The average Bonchev–Trinajstić information content (AvgIpc) is 3.25. The smallest absolute Gasteiger partial charge is 0.265 e. The first-order chi connectivity index (χ1) is 11.7. The van der Waals surface area contributed by atoms with Gasteiger partial charge in [-0.2, -0.15) is 0 Å². The first-order valence-corrected chi connectivity index (χ1v) is 9.67. The lowest BCUT2D eigenvalue weighted by Gasteiger charge is -2.04. The van der Waals surface area contributed by atoms with Crippen LogP contribution in [0.4, 0.5) is 5.69 Å². The monoisotopic (exact) mass is 357 g/mol. The predicted molar refractivity (Wildman–Crippen MR) is 101 cm³/mol. The molecule has 2 aromatic heterocycles. The summed E-state index contributed by atoms with van der Waals surface area (Å²) in [7, 11) is 0. The summed E-state index contributed by atoms with van der Waals surface area (Å²) in [6.45, 7) is 4.30. The Labute approximate surface area is 149 Å². The lowest BCUT2D eigenvalue weighted by atomic mass is 10.1. The molecule has 0 fully saturated rings. The van der Waals surface area contributed by atoms with Crippen molar-refractivity contribution in [2.45, 2.75) is 33.1 Å². The largest absolute Gasteiger partial charge is 0.321 e. The summed E-state index contributed by atoms with van der Waals surface area (Å²) in [6, 6.07) is 9.71. The van der Waals surface area contributed by atoms with Crippen LogP contribution in [0.5, 0.6) is 0 Å². The molecule has 2 heterocycles. The molecule has 3 rings (SSSR count). The number of nitrogens with zero attached hydrogens (tertiary/aromatic N) is 2. The van der Waals surface area contributed by atoms with E-state index >= 15 is 0 Å². The molecular weight excluding hydrogens is 338 g/mol. The normalized spacial score (nSPS) is 10.8. The standard InChI is InChI=1S/C18H19N3OS2/c1-3-5-16-12(4-2)10-17(24-16)18(22)19-14-8-6-13(7-9-14)15-11-23-21-20-15/h6-11H,3-5H2,1-2H3,(H,19,22). The van der Waals surface area contributed by atoms with Crippen molar-refractivity contribution < 1.29 is 4.79 Å². The van der Waals surface area contributed by atoms with E-state index in [4.69, 9.17) is 0 Å². The number of nitrogens with one attached hydrogen (secondary N) is 1. The maximum atomic E-state index is 12.5. The van der Waals surface area contributed by atoms with Gasteiger partial charge < -0.3 is 5.32 Å². The average molecular weight is 358 g/mol. The number of carbonyl (C=O) groups is 1. The van der Waals surface area contributed by atoms with Crippen LogP contribution in [0.25, 0.3) is 11.3 Å². The Morgan fingerprint density at radius 3 is 2.62 bits per heavy atom. The summed E-state index contributed by atoms with van der Waals surface area (Å²) in [5.41, 5.74) is 3.93. The molecule has 0 aliphatic heterocycles. The molecule has 0 spiro atoms. The molecule has 0 radical (unpaired) electrons. The van der Waals surface area contributed by atoms with Crippen molar-refractivity contribution in [1.29, 1.82) is 0 Å². The van der Waals surface area contributed by atoms with Crippen molar-refractivity contribution in [3.05, 3.63) is 51.0 Å². The van der Waals surface area contributed by atoms with Crippen molar-refractivity contribution in [1.82, 2.24) is 9.59 Å². The maximum absolute atomic E-state index is 12.5. The summed E-state index contributed by atoms with van der Waals surface area (Å²) in [5.74, 6) is -0.0415. The van der Waals surface area contributed by atoms with E-state index in [9.17, 15) is 4.79 Å². The minimum Gasteiger partial charge on any atom is -0.321 e. The Morgan fingerprint density at radius 2 is 2.00 bits per heavy atom. The SMILES string of the molecule is CCCc1sc(C(=O)Nc2ccc(-c3csnn3)cc2)cc1CC. The third kappa shape index (κ3) is 3.71. The van der Waals surface area contributed by atoms with Gasteiger partial charge in [-0.3, -0.25) is 4.79 Å². The van der Waals surface area contributed by atoms with Crippen molar-refractivity contribution in [2.24, 2.45) is 0 Å². The number of hydrogen-bond donors (Lipinski definition) is 1. The number of amides is 1. The van der Waals surface area contributed by atoms with E-state index in [0.29, 0.717) is 0 Å². The van der Waals surface area contributed by atoms with Crippen LogP contribution in [-0.2, 0) is 12.8 Å². The van der Waals surface area contributed by atoms with E-state index in [1.54, 1.807) is 11.3 Å². The van der Waals surface area contributed by atoms with Gasteiger partial charge in [0.15, 0.2) is 0 Å². The van der Waals surface area contributed by atoms with Crippen molar-refractivity contribution >= 4 is 34.5 Å². The maximum Gasteiger partial charge on any atom is 0.265 e. The van der Waals surface area contributed by atoms with Crippen LogP contribution in [0.2, 0.25) is 0 Å². The highest BCUT2D eigenvalue weighted by atomic mass is 32.1. The summed E-state index contributed by atoms with van der Waals surface area (Å²) >= 11 is 2.94. The van der Waals surface area contributed by atoms with Gasteiger partial charge in [-0.1, -0.05) is 36.9 Å². The third-order valence-electron chi connectivity index (χ3n) is 3.78. The fraction of sp³-hybridized carbons (Fsp3) is 0.278. The predicted octanol–water partition coefficient (Wildman–Crippen LogP) is 5.03. The van der Waals surface area contributed by atoms with Crippen LogP contribution in [0, 0.1) is 0 Å². The molecule has 1 amide bonds. The number of anilines is 1. The zero-order valence-electron chi connectivity index (χ0n) is 13.7. The number of thiophene rings is 1. The summed E-state index contributed by atoms with van der Waals surface area (Å²) in [5, 5.41) is 8.93. The Balaban J connectivity index is 1.72. The zero-order chi connectivity index (χ0) is 16.9. The Hall–Kier alpha value is -2.05. The molecule has 0 aliphatic carbocycles. The molecular formula is C18H19N3OS2. The highest BCUT2D eigenvalue weighted by Gasteiger charge is 2.13. The van der Waals surface area contributed by atoms with Gasteiger partial charge in [0.05, 0.1) is 4.88 Å². The van der Waals surface area contributed by atoms with Gasteiger partial charge in [0.25, 0.3) is 5.91 Å². The first kappa shape index (κ1) is 16.8. The van der Waals surface area contributed by atoms with Crippen LogP contribution < -0.4 is 5.32 Å². The topological polar surface area (TPSA) is 54.9 Å². The van der Waals surface area contributed by atoms with E-state index in [2.05, 4.69) is 28.8 Å². The van der Waals surface area contributed by atoms with Crippen LogP contribution in [0.15, 0.2) is 35.7 Å². The Bertz CT molecular complexity index is 807. The molecule has 0 saturated heterocycles. The van der Waals surface area contributed by atoms with Crippen molar-refractivity contribution in [2.75, 3.05) is 5.32 Å². The number of hydrogen-bond acceptors (Lipinski definition) is 5. The molecule has 0 aliphatic rings. The van der Waals surface area contributed by atoms with Crippen LogP contribution in [0.1, 0.15) is 40.4 Å². The summed E-state index contributed by atoms with van der Waals surface area (Å²) in [6.07, 6.45) is 3.11. The number of carbonyl (C=O) groups excluding carboxylic acids is 1. The van der Waals surface area contributed by atoms with E-state index in [-0.39, 0.29) is 5.91 Å². The van der Waals surface area contributed by atoms with Gasteiger partial charge in [-0.05, 0) is 48.1 Å². The molecule has 1 N–H and O–H groups in total.